The number of rotatable bonds is 11. The van der Waals surface area contributed by atoms with E-state index in [1.54, 1.807) is 6.92 Å². The first kappa shape index (κ1) is 28.8. The maximum Gasteiger partial charge on any atom is 0.416 e. The van der Waals surface area contributed by atoms with Gasteiger partial charge in [0.15, 0.2) is 5.96 Å². The highest BCUT2D eigenvalue weighted by atomic mass is 16.5. The highest BCUT2D eigenvalue weighted by Crippen LogP contribution is 2.35. The quantitative estimate of drug-likeness (QED) is 0.414. The topological polar surface area (TPSA) is 129 Å². The van der Waals surface area contributed by atoms with Crippen molar-refractivity contribution in [1.82, 2.24) is 15.1 Å². The van der Waals surface area contributed by atoms with Gasteiger partial charge in [0, 0.05) is 12.6 Å². The highest BCUT2D eigenvalue weighted by Gasteiger charge is 2.50. The van der Waals surface area contributed by atoms with E-state index in [1.165, 1.54) is 12.0 Å². The van der Waals surface area contributed by atoms with E-state index in [0.29, 0.717) is 25.7 Å². The molecule has 4 N–H and O–H groups in total. The van der Waals surface area contributed by atoms with Crippen LogP contribution in [-0.4, -0.2) is 59.4 Å². The van der Waals surface area contributed by atoms with Crippen molar-refractivity contribution in [3.63, 3.8) is 0 Å². The third kappa shape index (κ3) is 6.39. The zero-order chi connectivity index (χ0) is 27.9. The minimum absolute atomic E-state index is 0.0536. The summed E-state index contributed by atoms with van der Waals surface area (Å²) in [6, 6.07) is 17.5. The van der Waals surface area contributed by atoms with Crippen LogP contribution in [0.15, 0.2) is 60.7 Å². The molecule has 0 spiro atoms. The van der Waals surface area contributed by atoms with E-state index in [-0.39, 0.29) is 24.3 Å². The molecule has 9 heteroatoms. The van der Waals surface area contributed by atoms with E-state index in [4.69, 9.17) is 15.9 Å². The molecular formula is C29H39N5O4. The van der Waals surface area contributed by atoms with E-state index >= 15 is 0 Å². The predicted molar refractivity (Wildman–Crippen MR) is 146 cm³/mol. The third-order valence-electron chi connectivity index (χ3n) is 6.86. The summed E-state index contributed by atoms with van der Waals surface area (Å²) in [7, 11) is 1.23. The van der Waals surface area contributed by atoms with Crippen LogP contribution in [-0.2, 0) is 26.3 Å². The Hall–Kier alpha value is -3.72. The standard InChI is InChI=1S/C29H39N5O4/c1-20(2)19-29(23-15-9-6-10-16-23)26(36)33(27(31)32-29)17-11-12-21(3)34(28(37)38-4)25(35)24(30)18-22-13-7-5-8-14-22/h5-10,13-16,20-21,24H,11-12,17-19,30H2,1-4H3,(H2,31,32)/t21?,24-,29?/m0/s1. The van der Waals surface area contributed by atoms with Crippen LogP contribution in [0, 0.1) is 11.3 Å². The monoisotopic (exact) mass is 521 g/mol. The summed E-state index contributed by atoms with van der Waals surface area (Å²) in [4.78, 5) is 41.9. The first-order valence-corrected chi connectivity index (χ1v) is 13.1. The summed E-state index contributed by atoms with van der Waals surface area (Å²) in [5, 5.41) is 11.7. The number of nitrogens with zero attached hydrogens (tertiary/aromatic N) is 2. The van der Waals surface area contributed by atoms with Gasteiger partial charge >= 0.3 is 6.09 Å². The summed E-state index contributed by atoms with van der Waals surface area (Å²) >= 11 is 0. The first-order chi connectivity index (χ1) is 18.1. The molecule has 2 unspecified atom stereocenters. The van der Waals surface area contributed by atoms with E-state index in [0.717, 1.165) is 16.0 Å². The van der Waals surface area contributed by atoms with Crippen LogP contribution in [0.1, 0.15) is 51.2 Å². The van der Waals surface area contributed by atoms with Crippen LogP contribution >= 0.6 is 0 Å². The van der Waals surface area contributed by atoms with E-state index < -0.39 is 29.6 Å². The Morgan fingerprint density at radius 1 is 1.08 bits per heavy atom. The summed E-state index contributed by atoms with van der Waals surface area (Å²) in [5.41, 5.74) is 6.92. The van der Waals surface area contributed by atoms with Crippen LogP contribution in [0.25, 0.3) is 0 Å². The summed E-state index contributed by atoms with van der Waals surface area (Å²) < 4.78 is 4.88. The molecule has 2 aromatic carbocycles. The predicted octanol–water partition coefficient (Wildman–Crippen LogP) is 3.63. The molecule has 1 fully saturated rings. The Balaban J connectivity index is 1.68. The van der Waals surface area contributed by atoms with Crippen molar-refractivity contribution in [1.29, 1.82) is 5.41 Å². The van der Waals surface area contributed by atoms with Gasteiger partial charge in [0.25, 0.3) is 5.91 Å². The van der Waals surface area contributed by atoms with Crippen molar-refractivity contribution in [2.75, 3.05) is 13.7 Å². The van der Waals surface area contributed by atoms with Crippen molar-refractivity contribution in [2.24, 2.45) is 11.7 Å². The molecule has 9 nitrogen and oxygen atoms in total. The normalized spacial score (nSPS) is 18.7. The number of hydrogen-bond acceptors (Lipinski definition) is 6. The zero-order valence-electron chi connectivity index (χ0n) is 22.6. The number of nitrogens with one attached hydrogen (secondary N) is 2. The summed E-state index contributed by atoms with van der Waals surface area (Å²) in [6.07, 6.45) is 0.964. The SMILES string of the molecule is COC(=O)N(C(=O)[C@@H](N)Cc1ccccc1)C(C)CCCN1C(=N)NC(CC(C)C)(c2ccccc2)C1=O. The van der Waals surface area contributed by atoms with Crippen molar-refractivity contribution in [3.05, 3.63) is 71.8 Å². The third-order valence-corrected chi connectivity index (χ3v) is 6.86. The molecule has 1 heterocycles. The number of benzene rings is 2. The molecule has 3 rings (SSSR count). The van der Waals surface area contributed by atoms with Crippen LogP contribution in [0.5, 0.6) is 0 Å². The van der Waals surface area contributed by atoms with Crippen LogP contribution in [0.3, 0.4) is 0 Å². The highest BCUT2D eigenvalue weighted by molar-refractivity contribution is 6.08. The van der Waals surface area contributed by atoms with Gasteiger partial charge in [-0.1, -0.05) is 74.5 Å². The molecule has 1 aliphatic rings. The molecule has 204 valence electrons. The van der Waals surface area contributed by atoms with Gasteiger partial charge in [-0.15, -0.1) is 0 Å². The molecule has 0 radical (unpaired) electrons. The van der Waals surface area contributed by atoms with Gasteiger partial charge in [-0.2, -0.15) is 0 Å². The van der Waals surface area contributed by atoms with Crippen molar-refractivity contribution in [2.45, 2.75) is 64.1 Å². The maximum atomic E-state index is 13.7. The summed E-state index contributed by atoms with van der Waals surface area (Å²) in [5.74, 6) is -0.405. The fourth-order valence-corrected chi connectivity index (χ4v) is 5.05. The Kier molecular flexibility index (Phi) is 9.63. The van der Waals surface area contributed by atoms with Gasteiger partial charge in [0.05, 0.1) is 13.2 Å². The van der Waals surface area contributed by atoms with Gasteiger partial charge in [-0.25, -0.2) is 9.69 Å². The number of carbonyl (C=O) groups excluding carboxylic acids is 3. The molecule has 0 aromatic heterocycles. The lowest BCUT2D eigenvalue weighted by Gasteiger charge is -2.30. The fourth-order valence-electron chi connectivity index (χ4n) is 5.05. The molecule has 3 amide bonds. The largest absolute Gasteiger partial charge is 0.452 e. The van der Waals surface area contributed by atoms with Gasteiger partial charge < -0.3 is 15.8 Å². The number of nitrogens with two attached hydrogens (primary N) is 1. The Morgan fingerprint density at radius 2 is 1.68 bits per heavy atom. The minimum Gasteiger partial charge on any atom is -0.452 e. The molecule has 1 saturated heterocycles. The zero-order valence-corrected chi connectivity index (χ0v) is 22.6. The Labute approximate surface area is 224 Å². The average molecular weight is 522 g/mol. The number of hydrogen-bond donors (Lipinski definition) is 3. The minimum atomic E-state index is -0.990. The first-order valence-electron chi connectivity index (χ1n) is 13.1. The van der Waals surface area contributed by atoms with Gasteiger partial charge in [-0.3, -0.25) is 19.9 Å². The van der Waals surface area contributed by atoms with Gasteiger partial charge in [0.1, 0.15) is 5.54 Å². The van der Waals surface area contributed by atoms with E-state index in [1.807, 2.05) is 60.7 Å². The fraction of sp³-hybridized carbons (Fsp3) is 0.448. The number of methoxy groups -OCH3 is 1. The van der Waals surface area contributed by atoms with Crippen molar-refractivity contribution < 1.29 is 19.1 Å². The average Bonchev–Trinajstić information content (AvgIpc) is 3.14. The second-order valence-electron chi connectivity index (χ2n) is 10.3. The maximum absolute atomic E-state index is 13.7. The molecule has 3 atom stereocenters. The van der Waals surface area contributed by atoms with Crippen molar-refractivity contribution >= 4 is 23.9 Å². The smallest absolute Gasteiger partial charge is 0.416 e. The van der Waals surface area contributed by atoms with E-state index in [9.17, 15) is 14.4 Å². The van der Waals surface area contributed by atoms with E-state index in [2.05, 4.69) is 19.2 Å². The Morgan fingerprint density at radius 3 is 2.26 bits per heavy atom. The number of guanidine groups is 1. The molecular weight excluding hydrogens is 482 g/mol. The number of ether oxygens (including phenoxy) is 1. The lowest BCUT2D eigenvalue weighted by atomic mass is 9.82. The van der Waals surface area contributed by atoms with Gasteiger partial charge in [-0.05, 0) is 49.7 Å². The molecule has 0 bridgehead atoms. The number of imide groups is 1. The molecule has 0 aliphatic carbocycles. The Bertz CT molecular complexity index is 1120. The molecule has 1 aliphatic heterocycles. The van der Waals surface area contributed by atoms with Gasteiger partial charge in [0.2, 0.25) is 5.91 Å². The second-order valence-corrected chi connectivity index (χ2v) is 10.3. The molecule has 2 aromatic rings. The number of amides is 3. The lowest BCUT2D eigenvalue weighted by Crippen LogP contribution is -2.51. The lowest BCUT2D eigenvalue weighted by molar-refractivity contribution is -0.133. The number of carbonyl (C=O) groups is 3. The van der Waals surface area contributed by atoms with Crippen LogP contribution in [0.4, 0.5) is 4.79 Å². The van der Waals surface area contributed by atoms with Crippen LogP contribution in [0.2, 0.25) is 0 Å². The van der Waals surface area contributed by atoms with Crippen LogP contribution < -0.4 is 11.1 Å². The molecule has 38 heavy (non-hydrogen) atoms. The second kappa shape index (κ2) is 12.7. The molecule has 0 saturated carbocycles. The summed E-state index contributed by atoms with van der Waals surface area (Å²) in [6.45, 7) is 6.14. The van der Waals surface area contributed by atoms with Crippen molar-refractivity contribution in [3.8, 4) is 0 Å².